The quantitative estimate of drug-likeness (QED) is 0.674. The summed E-state index contributed by atoms with van der Waals surface area (Å²) in [6.45, 7) is 4.87. The molecule has 0 saturated carbocycles. The molecule has 2 aliphatic rings. The van der Waals surface area contributed by atoms with Crippen molar-refractivity contribution in [3.8, 4) is 0 Å². The molecule has 2 saturated heterocycles. The van der Waals surface area contributed by atoms with Crippen LogP contribution < -0.4 is 5.32 Å². The second-order valence-corrected chi connectivity index (χ2v) is 5.31. The predicted molar refractivity (Wildman–Crippen MR) is 70.6 cm³/mol. The van der Waals surface area contributed by atoms with E-state index in [1.165, 1.54) is 0 Å². The first kappa shape index (κ1) is 14.3. The molecule has 1 atom stereocenters. The SMILES string of the molecule is CN(CC1CCCOC1)C(=O)C(=O)N1CCNCC1. The molecule has 19 heavy (non-hydrogen) atoms. The third-order valence-electron chi connectivity index (χ3n) is 3.72. The lowest BCUT2D eigenvalue weighted by Crippen LogP contribution is -2.52. The van der Waals surface area contributed by atoms with Crippen LogP contribution in [0.1, 0.15) is 12.8 Å². The number of nitrogens with one attached hydrogen (secondary N) is 1. The molecule has 6 heteroatoms. The van der Waals surface area contributed by atoms with Crippen LogP contribution in [0.3, 0.4) is 0 Å². The topological polar surface area (TPSA) is 61.9 Å². The molecule has 0 aromatic heterocycles. The summed E-state index contributed by atoms with van der Waals surface area (Å²) >= 11 is 0. The van der Waals surface area contributed by atoms with Crippen LogP contribution in [0.4, 0.5) is 0 Å². The Bertz CT molecular complexity index is 323. The Kier molecular flexibility index (Phi) is 5.15. The molecule has 108 valence electrons. The van der Waals surface area contributed by atoms with Crippen molar-refractivity contribution in [2.75, 3.05) is 53.0 Å². The van der Waals surface area contributed by atoms with Crippen LogP contribution in [-0.2, 0) is 14.3 Å². The minimum absolute atomic E-state index is 0.360. The molecule has 0 aromatic rings. The lowest BCUT2D eigenvalue weighted by Gasteiger charge is -2.30. The molecule has 2 fully saturated rings. The average molecular weight is 269 g/mol. The first-order chi connectivity index (χ1) is 9.18. The highest BCUT2D eigenvalue weighted by atomic mass is 16.5. The summed E-state index contributed by atoms with van der Waals surface area (Å²) in [6, 6.07) is 0. The van der Waals surface area contributed by atoms with Crippen LogP contribution in [0.2, 0.25) is 0 Å². The molecule has 0 spiro atoms. The van der Waals surface area contributed by atoms with Gasteiger partial charge in [0.1, 0.15) is 0 Å². The van der Waals surface area contributed by atoms with Crippen molar-refractivity contribution in [2.45, 2.75) is 12.8 Å². The zero-order valence-electron chi connectivity index (χ0n) is 11.6. The summed E-state index contributed by atoms with van der Waals surface area (Å²) < 4.78 is 5.40. The maximum Gasteiger partial charge on any atom is 0.312 e. The van der Waals surface area contributed by atoms with Crippen molar-refractivity contribution in [3.05, 3.63) is 0 Å². The van der Waals surface area contributed by atoms with Gasteiger partial charge in [-0.2, -0.15) is 0 Å². The molecular weight excluding hydrogens is 246 g/mol. The van der Waals surface area contributed by atoms with E-state index < -0.39 is 5.91 Å². The van der Waals surface area contributed by atoms with Gasteiger partial charge in [-0.05, 0) is 18.8 Å². The van der Waals surface area contributed by atoms with Crippen molar-refractivity contribution >= 4 is 11.8 Å². The lowest BCUT2D eigenvalue weighted by molar-refractivity contribution is -0.152. The molecule has 0 bridgehead atoms. The van der Waals surface area contributed by atoms with Gasteiger partial charge in [0.2, 0.25) is 0 Å². The highest BCUT2D eigenvalue weighted by Crippen LogP contribution is 2.14. The van der Waals surface area contributed by atoms with Gasteiger partial charge in [0.05, 0.1) is 6.61 Å². The number of carbonyl (C=O) groups excluding carboxylic acids is 2. The normalized spacial score (nSPS) is 24.1. The minimum atomic E-state index is -0.396. The summed E-state index contributed by atoms with van der Waals surface area (Å²) in [5.74, 6) is -0.410. The van der Waals surface area contributed by atoms with Crippen LogP contribution in [0.25, 0.3) is 0 Å². The fourth-order valence-corrected chi connectivity index (χ4v) is 2.59. The average Bonchev–Trinajstić information content (AvgIpc) is 2.47. The van der Waals surface area contributed by atoms with Gasteiger partial charge in [-0.3, -0.25) is 9.59 Å². The van der Waals surface area contributed by atoms with E-state index in [4.69, 9.17) is 4.74 Å². The lowest BCUT2D eigenvalue weighted by atomic mass is 10.0. The second kappa shape index (κ2) is 6.86. The van der Waals surface area contributed by atoms with E-state index in [9.17, 15) is 9.59 Å². The fraction of sp³-hybridized carbons (Fsp3) is 0.846. The van der Waals surface area contributed by atoms with Crippen LogP contribution in [0, 0.1) is 5.92 Å². The number of hydrogen-bond donors (Lipinski definition) is 1. The number of rotatable bonds is 2. The van der Waals surface area contributed by atoms with E-state index in [1.807, 2.05) is 0 Å². The summed E-state index contributed by atoms with van der Waals surface area (Å²) in [4.78, 5) is 27.3. The number of hydrogen-bond acceptors (Lipinski definition) is 4. The van der Waals surface area contributed by atoms with Gasteiger partial charge in [-0.1, -0.05) is 0 Å². The standard InChI is InChI=1S/C13H23N3O3/c1-15(9-11-3-2-8-19-10-11)12(17)13(18)16-6-4-14-5-7-16/h11,14H,2-10H2,1H3. The Morgan fingerprint density at radius 1 is 1.37 bits per heavy atom. The Balaban J connectivity index is 1.81. The van der Waals surface area contributed by atoms with Crippen LogP contribution >= 0.6 is 0 Å². The second-order valence-electron chi connectivity index (χ2n) is 5.31. The fourth-order valence-electron chi connectivity index (χ4n) is 2.59. The molecule has 6 nitrogen and oxygen atoms in total. The molecule has 2 aliphatic heterocycles. The highest BCUT2D eigenvalue weighted by molar-refractivity contribution is 6.34. The van der Waals surface area contributed by atoms with E-state index >= 15 is 0 Å². The zero-order valence-corrected chi connectivity index (χ0v) is 11.6. The van der Waals surface area contributed by atoms with E-state index in [2.05, 4.69) is 5.32 Å². The Morgan fingerprint density at radius 2 is 2.11 bits per heavy atom. The summed E-state index contributed by atoms with van der Waals surface area (Å²) in [5, 5.41) is 3.17. The largest absolute Gasteiger partial charge is 0.381 e. The van der Waals surface area contributed by atoms with Gasteiger partial charge in [0.15, 0.2) is 0 Å². The molecule has 2 rings (SSSR count). The van der Waals surface area contributed by atoms with Gasteiger partial charge in [-0.25, -0.2) is 0 Å². The van der Waals surface area contributed by atoms with Crippen LogP contribution in [-0.4, -0.2) is 74.6 Å². The van der Waals surface area contributed by atoms with E-state index in [-0.39, 0.29) is 5.91 Å². The summed E-state index contributed by atoms with van der Waals surface area (Å²) in [7, 11) is 1.71. The summed E-state index contributed by atoms with van der Waals surface area (Å²) in [6.07, 6.45) is 2.11. The highest BCUT2D eigenvalue weighted by Gasteiger charge is 2.27. The molecule has 2 heterocycles. The molecular formula is C13H23N3O3. The number of amides is 2. The van der Waals surface area contributed by atoms with Gasteiger partial charge in [0.25, 0.3) is 0 Å². The first-order valence-electron chi connectivity index (χ1n) is 7.01. The van der Waals surface area contributed by atoms with Crippen molar-refractivity contribution in [1.82, 2.24) is 15.1 Å². The molecule has 2 amide bonds. The van der Waals surface area contributed by atoms with Crippen molar-refractivity contribution in [1.29, 1.82) is 0 Å². The molecule has 1 unspecified atom stereocenters. The summed E-state index contributed by atoms with van der Waals surface area (Å²) in [5.41, 5.74) is 0. The van der Waals surface area contributed by atoms with E-state index in [0.717, 1.165) is 32.5 Å². The zero-order chi connectivity index (χ0) is 13.7. The van der Waals surface area contributed by atoms with Gasteiger partial charge in [0, 0.05) is 46.4 Å². The van der Waals surface area contributed by atoms with E-state index in [0.29, 0.717) is 32.2 Å². The van der Waals surface area contributed by atoms with Gasteiger partial charge < -0.3 is 19.9 Å². The Labute approximate surface area is 114 Å². The van der Waals surface area contributed by atoms with Crippen LogP contribution in [0.5, 0.6) is 0 Å². The van der Waals surface area contributed by atoms with E-state index in [1.54, 1.807) is 16.8 Å². The maximum atomic E-state index is 12.1. The van der Waals surface area contributed by atoms with Crippen molar-refractivity contribution in [2.24, 2.45) is 5.92 Å². The minimum Gasteiger partial charge on any atom is -0.381 e. The predicted octanol–water partition coefficient (Wildman–Crippen LogP) is -0.697. The molecule has 0 aromatic carbocycles. The van der Waals surface area contributed by atoms with Crippen molar-refractivity contribution < 1.29 is 14.3 Å². The first-order valence-corrected chi connectivity index (χ1v) is 7.01. The third-order valence-corrected chi connectivity index (χ3v) is 3.72. The van der Waals surface area contributed by atoms with Crippen molar-refractivity contribution in [3.63, 3.8) is 0 Å². The number of likely N-dealkylation sites (N-methyl/N-ethyl adjacent to an activating group) is 1. The number of carbonyl (C=O) groups is 2. The van der Waals surface area contributed by atoms with Crippen LogP contribution in [0.15, 0.2) is 0 Å². The smallest absolute Gasteiger partial charge is 0.312 e. The number of nitrogens with zero attached hydrogens (tertiary/aromatic N) is 2. The molecule has 0 radical (unpaired) electrons. The monoisotopic (exact) mass is 269 g/mol. The number of ether oxygens (including phenoxy) is 1. The molecule has 1 N–H and O–H groups in total. The third kappa shape index (κ3) is 3.91. The Hall–Kier alpha value is -1.14. The van der Waals surface area contributed by atoms with Gasteiger partial charge >= 0.3 is 11.8 Å². The van der Waals surface area contributed by atoms with Gasteiger partial charge in [-0.15, -0.1) is 0 Å². The molecule has 0 aliphatic carbocycles. The Morgan fingerprint density at radius 3 is 2.74 bits per heavy atom. The maximum absolute atomic E-state index is 12.1. The number of piperazine rings is 1.